The Morgan fingerprint density at radius 2 is 1.58 bits per heavy atom. The van der Waals surface area contributed by atoms with Gasteiger partial charge in [-0.25, -0.2) is 12.8 Å². The molecule has 3 N–H and O–H groups in total. The smallest absolute Gasteiger partial charge is 0.255 e. The summed E-state index contributed by atoms with van der Waals surface area (Å²) in [4.78, 5) is 24.0. The summed E-state index contributed by atoms with van der Waals surface area (Å²) in [6, 6.07) is 18.1. The Morgan fingerprint density at radius 1 is 0.968 bits per heavy atom. The van der Waals surface area contributed by atoms with Crippen molar-refractivity contribution in [1.82, 2.24) is 0 Å². The van der Waals surface area contributed by atoms with Gasteiger partial charge in [-0.1, -0.05) is 36.4 Å². The van der Waals surface area contributed by atoms with Gasteiger partial charge in [0.05, 0.1) is 29.7 Å². The monoisotopic (exact) mass is 441 g/mol. The Balaban J connectivity index is 1.80. The van der Waals surface area contributed by atoms with Crippen LogP contribution in [0.3, 0.4) is 0 Å². The van der Waals surface area contributed by atoms with Gasteiger partial charge in [0.25, 0.3) is 11.8 Å². The summed E-state index contributed by atoms with van der Waals surface area (Å²) >= 11 is 0. The van der Waals surface area contributed by atoms with E-state index in [-0.39, 0.29) is 23.5 Å². The Bertz CT molecular complexity index is 1230. The molecule has 3 aromatic rings. The summed E-state index contributed by atoms with van der Waals surface area (Å²) in [5.41, 5.74) is 6.57. The molecule has 3 rings (SSSR count). The second-order valence-corrected chi connectivity index (χ2v) is 8.69. The van der Waals surface area contributed by atoms with E-state index in [9.17, 15) is 22.4 Å². The molecule has 0 atom stereocenters. The molecule has 0 saturated heterocycles. The number of benzene rings is 3. The fraction of sp³-hybridized carbons (Fsp3) is 0.0909. The normalized spacial score (nSPS) is 11.0. The summed E-state index contributed by atoms with van der Waals surface area (Å²) < 4.78 is 39.5. The minimum atomic E-state index is -3.75. The molecular formula is C22H20FN3O4S. The molecule has 0 aromatic heterocycles. The van der Waals surface area contributed by atoms with E-state index >= 15 is 0 Å². The van der Waals surface area contributed by atoms with Gasteiger partial charge in [0, 0.05) is 5.56 Å². The lowest BCUT2D eigenvalue weighted by atomic mass is 10.1. The summed E-state index contributed by atoms with van der Waals surface area (Å²) in [7, 11) is -3.75. The molecule has 0 aliphatic carbocycles. The van der Waals surface area contributed by atoms with Crippen molar-refractivity contribution in [1.29, 1.82) is 0 Å². The first kappa shape index (κ1) is 22.0. The van der Waals surface area contributed by atoms with Gasteiger partial charge >= 0.3 is 0 Å². The van der Waals surface area contributed by atoms with Crippen molar-refractivity contribution >= 4 is 33.2 Å². The van der Waals surface area contributed by atoms with Crippen LogP contribution >= 0.6 is 0 Å². The van der Waals surface area contributed by atoms with Gasteiger partial charge in [-0.3, -0.25) is 13.9 Å². The molecule has 0 aliphatic rings. The third-order valence-corrected chi connectivity index (χ3v) is 5.63. The van der Waals surface area contributed by atoms with E-state index in [0.717, 1.165) is 10.6 Å². The summed E-state index contributed by atoms with van der Waals surface area (Å²) in [6.45, 7) is -0.105. The van der Waals surface area contributed by atoms with E-state index in [1.54, 1.807) is 36.4 Å². The van der Waals surface area contributed by atoms with Crippen molar-refractivity contribution < 1.29 is 22.4 Å². The predicted octanol–water partition coefficient (Wildman–Crippen LogP) is 3.14. The zero-order valence-corrected chi connectivity index (χ0v) is 17.4. The Morgan fingerprint density at radius 3 is 2.19 bits per heavy atom. The average molecular weight is 441 g/mol. The number of sulfonamides is 1. The minimum absolute atomic E-state index is 0.0603. The molecule has 0 aliphatic heterocycles. The van der Waals surface area contributed by atoms with Crippen LogP contribution in [0.2, 0.25) is 0 Å². The highest BCUT2D eigenvalue weighted by atomic mass is 32.2. The number of nitrogens with one attached hydrogen (secondary N) is 1. The number of para-hydroxylation sites is 2. The van der Waals surface area contributed by atoms with Gasteiger partial charge in [-0.05, 0) is 42.0 Å². The predicted molar refractivity (Wildman–Crippen MR) is 117 cm³/mol. The second-order valence-electron chi connectivity index (χ2n) is 6.78. The standard InChI is InChI=1S/C22H20FN3O4S/c1-31(29,30)26(20-9-5-3-7-18(20)23)14-15-10-12-16(13-11-15)22(28)25-19-8-4-2-6-17(19)21(24)27/h2-13H,14H2,1H3,(H2,24,27)(H,25,28). The van der Waals surface area contributed by atoms with Gasteiger partial charge in [0.1, 0.15) is 5.82 Å². The van der Waals surface area contributed by atoms with Crippen molar-refractivity contribution in [2.45, 2.75) is 6.54 Å². The third kappa shape index (κ3) is 5.26. The molecule has 160 valence electrons. The van der Waals surface area contributed by atoms with E-state index in [1.807, 2.05) is 0 Å². The Labute approximate surface area is 179 Å². The lowest BCUT2D eigenvalue weighted by molar-refractivity contribution is 0.100. The average Bonchev–Trinajstić information content (AvgIpc) is 2.72. The van der Waals surface area contributed by atoms with E-state index < -0.39 is 27.7 Å². The first-order valence-electron chi connectivity index (χ1n) is 9.18. The van der Waals surface area contributed by atoms with Crippen LogP contribution in [0.4, 0.5) is 15.8 Å². The highest BCUT2D eigenvalue weighted by molar-refractivity contribution is 7.92. The lowest BCUT2D eigenvalue weighted by Crippen LogP contribution is -2.30. The molecule has 0 saturated carbocycles. The van der Waals surface area contributed by atoms with Crippen LogP contribution in [-0.4, -0.2) is 26.5 Å². The first-order chi connectivity index (χ1) is 14.7. The number of anilines is 2. The molecule has 7 nitrogen and oxygen atoms in total. The van der Waals surface area contributed by atoms with E-state index in [2.05, 4.69) is 5.32 Å². The zero-order chi connectivity index (χ0) is 22.6. The van der Waals surface area contributed by atoms with E-state index in [0.29, 0.717) is 11.1 Å². The number of hydrogen-bond donors (Lipinski definition) is 2. The number of nitrogens with zero attached hydrogens (tertiary/aromatic N) is 1. The number of hydrogen-bond acceptors (Lipinski definition) is 4. The molecule has 31 heavy (non-hydrogen) atoms. The highest BCUT2D eigenvalue weighted by Crippen LogP contribution is 2.24. The van der Waals surface area contributed by atoms with Gasteiger partial charge < -0.3 is 11.1 Å². The quantitative estimate of drug-likeness (QED) is 0.587. The maximum absolute atomic E-state index is 14.1. The van der Waals surface area contributed by atoms with Crippen LogP contribution < -0.4 is 15.4 Å². The number of primary amides is 1. The first-order valence-corrected chi connectivity index (χ1v) is 11.0. The SMILES string of the molecule is CS(=O)(=O)N(Cc1ccc(C(=O)Nc2ccccc2C(N)=O)cc1)c1ccccc1F. The summed E-state index contributed by atoms with van der Waals surface area (Å²) in [6.07, 6.45) is 0.997. The van der Waals surface area contributed by atoms with Crippen molar-refractivity contribution in [2.24, 2.45) is 5.73 Å². The van der Waals surface area contributed by atoms with Gasteiger partial charge in [-0.2, -0.15) is 0 Å². The molecular weight excluding hydrogens is 421 g/mol. The van der Waals surface area contributed by atoms with Gasteiger partial charge in [-0.15, -0.1) is 0 Å². The number of carbonyl (C=O) groups is 2. The maximum Gasteiger partial charge on any atom is 0.255 e. The number of halogens is 1. The maximum atomic E-state index is 14.1. The van der Waals surface area contributed by atoms with E-state index in [1.165, 1.54) is 36.4 Å². The Hall–Kier alpha value is -3.72. The summed E-state index contributed by atoms with van der Waals surface area (Å²) in [5, 5.41) is 2.63. The molecule has 0 fully saturated rings. The molecule has 0 heterocycles. The molecule has 0 spiro atoms. The zero-order valence-electron chi connectivity index (χ0n) is 16.6. The van der Waals surface area contributed by atoms with Crippen molar-refractivity contribution in [3.8, 4) is 0 Å². The number of nitrogens with two attached hydrogens (primary N) is 1. The van der Waals surface area contributed by atoms with Crippen LogP contribution in [0.25, 0.3) is 0 Å². The number of rotatable bonds is 7. The minimum Gasteiger partial charge on any atom is -0.366 e. The third-order valence-electron chi connectivity index (χ3n) is 4.50. The Kier molecular flexibility index (Phi) is 6.36. The van der Waals surface area contributed by atoms with Gasteiger partial charge in [0.2, 0.25) is 10.0 Å². The molecule has 0 radical (unpaired) electrons. The molecule has 0 unspecified atom stereocenters. The van der Waals surface area contributed by atoms with Crippen LogP contribution in [0.1, 0.15) is 26.3 Å². The van der Waals surface area contributed by atoms with Crippen LogP contribution in [0.15, 0.2) is 72.8 Å². The van der Waals surface area contributed by atoms with Crippen LogP contribution in [0, 0.1) is 5.82 Å². The van der Waals surface area contributed by atoms with Crippen LogP contribution in [-0.2, 0) is 16.6 Å². The molecule has 9 heteroatoms. The fourth-order valence-electron chi connectivity index (χ4n) is 2.96. The second kappa shape index (κ2) is 8.97. The highest BCUT2D eigenvalue weighted by Gasteiger charge is 2.21. The number of carbonyl (C=O) groups excluding carboxylic acids is 2. The van der Waals surface area contributed by atoms with Crippen molar-refractivity contribution in [3.63, 3.8) is 0 Å². The molecule has 3 aromatic carbocycles. The van der Waals surface area contributed by atoms with Crippen LogP contribution in [0.5, 0.6) is 0 Å². The van der Waals surface area contributed by atoms with E-state index in [4.69, 9.17) is 5.73 Å². The fourth-order valence-corrected chi connectivity index (χ4v) is 3.85. The van der Waals surface area contributed by atoms with Gasteiger partial charge in [0.15, 0.2) is 0 Å². The van der Waals surface area contributed by atoms with Crippen molar-refractivity contribution in [3.05, 3.63) is 95.3 Å². The largest absolute Gasteiger partial charge is 0.366 e. The topological polar surface area (TPSA) is 110 Å². The van der Waals surface area contributed by atoms with Crippen molar-refractivity contribution in [2.75, 3.05) is 15.9 Å². The summed E-state index contributed by atoms with van der Waals surface area (Å²) in [5.74, 6) is -1.79. The lowest BCUT2D eigenvalue weighted by Gasteiger charge is -2.23. The molecule has 0 bridgehead atoms. The molecule has 2 amide bonds. The number of amides is 2.